The summed E-state index contributed by atoms with van der Waals surface area (Å²) < 4.78 is 47.3. The second-order valence-electron chi connectivity index (χ2n) is 18.2. The molecule has 3 heterocycles. The van der Waals surface area contributed by atoms with Crippen molar-refractivity contribution in [2.45, 2.75) is 107 Å². The molecular formula is C56H57O12P. The van der Waals surface area contributed by atoms with Gasteiger partial charge in [-0.25, -0.2) is 9.59 Å². The number of hydrogen-bond acceptors (Lipinski definition) is 12. The maximum absolute atomic E-state index is 16.9. The van der Waals surface area contributed by atoms with E-state index in [-0.39, 0.29) is 99.7 Å². The van der Waals surface area contributed by atoms with E-state index in [0.717, 1.165) is 32.1 Å². The standard InChI is InChI=1S/C56H57O12P/c1-9-11-13-19-64-36-15-16-46(45(29-36)65-20-14-12-10-2)69(63)55(61)49-32(5)23-30(3)47(34(49)7)41-27-37(25-39-43(57)17-21-66-53(59)51(39)41)68-38-26-40-44(58)18-22-67-54(60)52(40)42(28-38)48-31(4)24-33(6)50(35(48)8)56(69)62/h15-16,23-29H,9-14,17-22H2,1-8H3. The Hall–Kier alpha value is -6.65. The van der Waals surface area contributed by atoms with Crippen LogP contribution in [0.1, 0.15) is 161 Å². The van der Waals surface area contributed by atoms with E-state index in [4.69, 9.17) is 23.7 Å². The fraction of sp³-hybridized carbons (Fsp3) is 0.357. The van der Waals surface area contributed by atoms with Crippen LogP contribution < -0.4 is 19.5 Å². The average Bonchev–Trinajstić information content (AvgIpc) is 3.54. The molecule has 0 aliphatic carbocycles. The lowest BCUT2D eigenvalue weighted by Crippen LogP contribution is -2.25. The summed E-state index contributed by atoms with van der Waals surface area (Å²) in [6.07, 6.45) is 4.90. The summed E-state index contributed by atoms with van der Waals surface area (Å²) in [5, 5.41) is -0.110. The van der Waals surface area contributed by atoms with Crippen molar-refractivity contribution in [3.63, 3.8) is 0 Å². The van der Waals surface area contributed by atoms with Gasteiger partial charge in [-0.2, -0.15) is 0 Å². The zero-order chi connectivity index (χ0) is 49.5. The Labute approximate surface area is 402 Å². The number of unbranched alkanes of at least 4 members (excludes halogenated alkanes) is 4. The predicted octanol–water partition coefficient (Wildman–Crippen LogP) is 12.3. The molecule has 358 valence electrons. The van der Waals surface area contributed by atoms with Crippen LogP contribution in [0.25, 0.3) is 22.3 Å². The molecule has 0 unspecified atom stereocenters. The van der Waals surface area contributed by atoms with E-state index in [2.05, 4.69) is 13.8 Å². The maximum Gasteiger partial charge on any atom is 0.339 e. The largest absolute Gasteiger partial charge is 0.493 e. The highest BCUT2D eigenvalue weighted by molar-refractivity contribution is 8.01. The molecular weight excluding hydrogens is 896 g/mol. The first-order valence-electron chi connectivity index (χ1n) is 23.8. The lowest BCUT2D eigenvalue weighted by molar-refractivity contribution is 0.0500. The summed E-state index contributed by atoms with van der Waals surface area (Å²) in [7, 11) is -5.08. The number of carbonyl (C=O) groups is 6. The third-order valence-corrected chi connectivity index (χ3v) is 16.0. The van der Waals surface area contributed by atoms with Gasteiger partial charge < -0.3 is 28.2 Å². The minimum Gasteiger partial charge on any atom is -0.493 e. The number of fused-ring (bicyclic) bond motifs is 14. The van der Waals surface area contributed by atoms with E-state index < -0.39 is 41.7 Å². The number of carbonyl (C=O) groups excluding carboxylic acids is 6. The van der Waals surface area contributed by atoms with E-state index in [9.17, 15) is 19.2 Å². The van der Waals surface area contributed by atoms with Gasteiger partial charge in [-0.15, -0.1) is 0 Å². The second kappa shape index (κ2) is 19.8. The highest BCUT2D eigenvalue weighted by Gasteiger charge is 2.48. The number of rotatable bonds is 11. The fourth-order valence-electron chi connectivity index (χ4n) is 10.2. The van der Waals surface area contributed by atoms with Crippen molar-refractivity contribution in [3.05, 3.63) is 121 Å². The maximum atomic E-state index is 16.9. The molecule has 0 N–H and O–H groups in total. The van der Waals surface area contributed by atoms with Crippen LogP contribution in [0.4, 0.5) is 0 Å². The lowest BCUT2D eigenvalue weighted by Gasteiger charge is -2.26. The van der Waals surface area contributed by atoms with Crippen LogP contribution in [0.5, 0.6) is 23.0 Å². The molecule has 5 aromatic carbocycles. The molecule has 0 spiro atoms. The first-order valence-corrected chi connectivity index (χ1v) is 25.5. The number of Topliss-reactive ketones (excluding diaryl/α,β-unsaturated/α-hetero) is 2. The average molecular weight is 953 g/mol. The number of cyclic esters (lactones) is 2. The monoisotopic (exact) mass is 952 g/mol. The van der Waals surface area contributed by atoms with Crippen molar-refractivity contribution in [1.82, 2.24) is 0 Å². The van der Waals surface area contributed by atoms with Crippen LogP contribution in [0, 0.1) is 41.5 Å². The number of ether oxygens (including phenoxy) is 5. The molecule has 8 bridgehead atoms. The van der Waals surface area contributed by atoms with E-state index in [1.807, 2.05) is 0 Å². The van der Waals surface area contributed by atoms with Gasteiger partial charge in [0.15, 0.2) is 11.6 Å². The lowest BCUT2D eigenvalue weighted by atomic mass is 9.85. The number of esters is 2. The SMILES string of the molecule is CCCCCOc1ccc(P2(=O)C(=O)c3c(C)cc(C)c(c3C)-c3cc(cc4c3C(=O)OCCC4=O)Oc3cc4c(c(c3)-c3c(C)cc(C)c(c3C)C2=O)C(=O)OCCC4=O)c(OCCCCC)c1. The molecule has 13 heteroatoms. The zero-order valence-corrected chi connectivity index (χ0v) is 41.4. The van der Waals surface area contributed by atoms with Crippen LogP contribution in [0.3, 0.4) is 0 Å². The molecule has 0 radical (unpaired) electrons. The fourth-order valence-corrected chi connectivity index (χ4v) is 12.8. The molecule has 0 aromatic heterocycles. The Bertz CT molecular complexity index is 2900. The normalized spacial score (nSPS) is 15.3. The minimum absolute atomic E-state index is 0.0102. The predicted molar refractivity (Wildman–Crippen MR) is 263 cm³/mol. The first-order chi connectivity index (χ1) is 33.0. The van der Waals surface area contributed by atoms with E-state index in [1.54, 1.807) is 77.9 Å². The van der Waals surface area contributed by atoms with Gasteiger partial charge in [-0.3, -0.25) is 19.2 Å². The molecule has 0 amide bonds. The zero-order valence-electron chi connectivity index (χ0n) is 40.5. The molecule has 0 saturated carbocycles. The van der Waals surface area contributed by atoms with Crippen molar-refractivity contribution in [1.29, 1.82) is 0 Å². The summed E-state index contributed by atoms with van der Waals surface area (Å²) in [5.74, 6) is -1.61. The number of hydrogen-bond donors (Lipinski definition) is 0. The topological polar surface area (TPSA) is 166 Å². The summed E-state index contributed by atoms with van der Waals surface area (Å²) in [6.45, 7) is 14.8. The Balaban J connectivity index is 1.52. The van der Waals surface area contributed by atoms with Crippen molar-refractivity contribution >= 4 is 47.0 Å². The van der Waals surface area contributed by atoms with Crippen LogP contribution in [-0.2, 0) is 14.0 Å². The smallest absolute Gasteiger partial charge is 0.339 e. The summed E-state index contributed by atoms with van der Waals surface area (Å²) in [6, 6.07) is 14.2. The molecule has 0 saturated heterocycles. The van der Waals surface area contributed by atoms with Crippen molar-refractivity contribution < 1.29 is 57.0 Å². The number of aryl methyl sites for hydroxylation is 4. The number of benzene rings is 5. The van der Waals surface area contributed by atoms with Crippen molar-refractivity contribution in [2.75, 3.05) is 26.4 Å². The Morgan fingerprint density at radius 3 is 1.41 bits per heavy atom. The van der Waals surface area contributed by atoms with Gasteiger partial charge in [-0.05, 0) is 135 Å². The van der Waals surface area contributed by atoms with Gasteiger partial charge in [0.25, 0.3) is 7.14 Å². The quantitative estimate of drug-likeness (QED) is 0.0700. The van der Waals surface area contributed by atoms with E-state index >= 15 is 14.2 Å². The Morgan fingerprint density at radius 2 is 0.942 bits per heavy atom. The summed E-state index contributed by atoms with van der Waals surface area (Å²) in [4.78, 5) is 88.2. The van der Waals surface area contributed by atoms with Gasteiger partial charge in [0.05, 0.1) is 42.9 Å². The second-order valence-corrected chi connectivity index (χ2v) is 20.8. The first kappa shape index (κ1) is 48.8. The molecule has 69 heavy (non-hydrogen) atoms. The molecule has 8 rings (SSSR count). The van der Waals surface area contributed by atoms with Crippen LogP contribution in [0.15, 0.2) is 54.6 Å². The highest BCUT2D eigenvalue weighted by Crippen LogP contribution is 2.57. The van der Waals surface area contributed by atoms with Crippen molar-refractivity contribution in [3.8, 4) is 45.3 Å². The molecule has 0 fully saturated rings. The highest BCUT2D eigenvalue weighted by atomic mass is 31.2. The Morgan fingerprint density at radius 1 is 0.507 bits per heavy atom. The Kier molecular flexibility index (Phi) is 14.0. The van der Waals surface area contributed by atoms with Crippen LogP contribution >= 0.6 is 7.14 Å². The third kappa shape index (κ3) is 8.84. The number of ketones is 2. The van der Waals surface area contributed by atoms with Gasteiger partial charge in [-0.1, -0.05) is 51.7 Å². The third-order valence-electron chi connectivity index (χ3n) is 13.4. The molecule has 5 aromatic rings. The summed E-state index contributed by atoms with van der Waals surface area (Å²) in [5.41, 5.74) is 1.77. The minimum atomic E-state index is -5.08. The summed E-state index contributed by atoms with van der Waals surface area (Å²) >= 11 is 0. The molecule has 12 nitrogen and oxygen atoms in total. The van der Waals surface area contributed by atoms with Gasteiger partial charge >= 0.3 is 11.9 Å². The molecule has 0 atom stereocenters. The van der Waals surface area contributed by atoms with Crippen molar-refractivity contribution in [2.24, 2.45) is 0 Å². The van der Waals surface area contributed by atoms with Gasteiger partial charge in [0.2, 0.25) is 11.0 Å². The molecule has 3 aliphatic rings. The van der Waals surface area contributed by atoms with E-state index in [0.29, 0.717) is 63.3 Å². The van der Waals surface area contributed by atoms with E-state index in [1.165, 1.54) is 18.2 Å². The van der Waals surface area contributed by atoms with Gasteiger partial charge in [0.1, 0.15) is 23.0 Å². The van der Waals surface area contributed by atoms with Crippen LogP contribution in [0.2, 0.25) is 0 Å². The molecule has 3 aliphatic heterocycles. The van der Waals surface area contributed by atoms with Crippen LogP contribution in [-0.4, -0.2) is 61.0 Å². The van der Waals surface area contributed by atoms with Gasteiger partial charge in [0, 0.05) is 52.3 Å².